The van der Waals surface area contributed by atoms with Crippen LogP contribution in [0.4, 0.5) is 11.4 Å². The van der Waals surface area contributed by atoms with Crippen LogP contribution in [0.25, 0.3) is 0 Å². The van der Waals surface area contributed by atoms with Gasteiger partial charge < -0.3 is 20.3 Å². The van der Waals surface area contributed by atoms with Gasteiger partial charge in [-0.15, -0.1) is 0 Å². The normalized spacial score (nSPS) is 14.4. The molecule has 0 bridgehead atoms. The molecule has 1 aliphatic rings. The third-order valence-corrected chi connectivity index (χ3v) is 5.45. The van der Waals surface area contributed by atoms with Crippen LogP contribution in [0, 0.1) is 0 Å². The molecule has 1 saturated heterocycles. The summed E-state index contributed by atoms with van der Waals surface area (Å²) in [4.78, 5) is 28.1. The number of morpholine rings is 1. The molecule has 2 N–H and O–H groups in total. The van der Waals surface area contributed by atoms with Crippen LogP contribution >= 0.6 is 0 Å². The van der Waals surface area contributed by atoms with Crippen molar-refractivity contribution in [3.63, 3.8) is 0 Å². The van der Waals surface area contributed by atoms with Crippen LogP contribution in [0.3, 0.4) is 0 Å². The van der Waals surface area contributed by atoms with Gasteiger partial charge in [0.2, 0.25) is 5.91 Å². The van der Waals surface area contributed by atoms with Crippen molar-refractivity contribution >= 4 is 23.2 Å². The van der Waals surface area contributed by atoms with Gasteiger partial charge in [-0.05, 0) is 42.0 Å². The van der Waals surface area contributed by atoms with E-state index in [2.05, 4.69) is 15.5 Å². The Morgan fingerprint density at radius 2 is 1.47 bits per heavy atom. The molecule has 0 radical (unpaired) electrons. The van der Waals surface area contributed by atoms with E-state index in [0.29, 0.717) is 17.7 Å². The van der Waals surface area contributed by atoms with Gasteiger partial charge in [-0.25, -0.2) is 0 Å². The third kappa shape index (κ3) is 5.74. The fraction of sp³-hybridized carbons (Fsp3) is 0.231. The molecular formula is C26H27N3O3. The Labute approximate surface area is 188 Å². The first-order chi connectivity index (χ1) is 15.7. The molecule has 2 amide bonds. The van der Waals surface area contributed by atoms with Crippen LogP contribution in [0.5, 0.6) is 0 Å². The quantitative estimate of drug-likeness (QED) is 0.603. The average molecular weight is 430 g/mol. The summed E-state index contributed by atoms with van der Waals surface area (Å²) in [6, 6.07) is 25.7. The van der Waals surface area contributed by atoms with Gasteiger partial charge in [-0.1, -0.05) is 48.5 Å². The second-order valence-corrected chi connectivity index (χ2v) is 7.72. The number of amides is 2. The molecule has 6 nitrogen and oxygen atoms in total. The summed E-state index contributed by atoms with van der Waals surface area (Å²) in [5, 5.41) is 5.84. The Kier molecular flexibility index (Phi) is 7.15. The second-order valence-electron chi connectivity index (χ2n) is 7.72. The predicted molar refractivity (Wildman–Crippen MR) is 126 cm³/mol. The topological polar surface area (TPSA) is 70.7 Å². The molecule has 6 heteroatoms. The summed E-state index contributed by atoms with van der Waals surface area (Å²) in [5.74, 6) is -0.526. The van der Waals surface area contributed by atoms with E-state index < -0.39 is 6.04 Å². The van der Waals surface area contributed by atoms with E-state index in [1.165, 1.54) is 0 Å². The molecule has 0 aromatic heterocycles. The molecule has 32 heavy (non-hydrogen) atoms. The number of rotatable bonds is 7. The summed E-state index contributed by atoms with van der Waals surface area (Å²) in [6.45, 7) is 3.16. The molecule has 1 atom stereocenters. The van der Waals surface area contributed by atoms with E-state index in [9.17, 15) is 9.59 Å². The Balaban J connectivity index is 1.45. The smallest absolute Gasteiger partial charge is 0.251 e. The molecule has 0 saturated carbocycles. The molecule has 3 aromatic rings. The fourth-order valence-corrected chi connectivity index (χ4v) is 3.70. The van der Waals surface area contributed by atoms with Gasteiger partial charge in [-0.2, -0.15) is 0 Å². The van der Waals surface area contributed by atoms with Crippen molar-refractivity contribution in [1.82, 2.24) is 5.32 Å². The highest BCUT2D eigenvalue weighted by Gasteiger charge is 2.22. The number of ether oxygens (including phenoxy) is 1. The van der Waals surface area contributed by atoms with Gasteiger partial charge in [0, 0.05) is 36.4 Å². The van der Waals surface area contributed by atoms with Crippen molar-refractivity contribution in [2.75, 3.05) is 36.5 Å². The van der Waals surface area contributed by atoms with Crippen LogP contribution in [0.15, 0.2) is 84.9 Å². The van der Waals surface area contributed by atoms with Crippen LogP contribution in [-0.4, -0.2) is 44.2 Å². The first-order valence-corrected chi connectivity index (χ1v) is 10.8. The van der Waals surface area contributed by atoms with E-state index in [4.69, 9.17) is 4.74 Å². The maximum atomic E-state index is 13.1. The standard InChI is InChI=1S/C26H27N3O3/c30-25(21-9-5-2-6-10-21)28-24(19-20-7-3-1-4-8-20)26(31)27-22-11-13-23(14-12-22)29-15-17-32-18-16-29/h1-14,24H,15-19H2,(H,27,31)(H,28,30)/t24-/m1/s1. The summed E-state index contributed by atoms with van der Waals surface area (Å²) in [6.07, 6.45) is 0.400. The second kappa shape index (κ2) is 10.6. The molecule has 1 aliphatic heterocycles. The molecule has 1 heterocycles. The summed E-state index contributed by atoms with van der Waals surface area (Å²) < 4.78 is 5.40. The van der Waals surface area contributed by atoms with Crippen LogP contribution < -0.4 is 15.5 Å². The van der Waals surface area contributed by atoms with Crippen molar-refractivity contribution in [1.29, 1.82) is 0 Å². The highest BCUT2D eigenvalue weighted by molar-refractivity contribution is 6.01. The lowest BCUT2D eigenvalue weighted by Gasteiger charge is -2.29. The van der Waals surface area contributed by atoms with Crippen molar-refractivity contribution in [3.05, 3.63) is 96.1 Å². The van der Waals surface area contributed by atoms with Gasteiger partial charge >= 0.3 is 0 Å². The Bertz CT molecular complexity index is 1020. The van der Waals surface area contributed by atoms with E-state index in [1.807, 2.05) is 60.7 Å². The monoisotopic (exact) mass is 429 g/mol. The van der Waals surface area contributed by atoms with Gasteiger partial charge in [0.1, 0.15) is 6.04 Å². The van der Waals surface area contributed by atoms with Crippen LogP contribution in [0.2, 0.25) is 0 Å². The van der Waals surface area contributed by atoms with E-state index >= 15 is 0 Å². The Morgan fingerprint density at radius 1 is 0.844 bits per heavy atom. The number of carbonyl (C=O) groups excluding carboxylic acids is 2. The van der Waals surface area contributed by atoms with Gasteiger partial charge in [0.05, 0.1) is 13.2 Å². The molecule has 1 fully saturated rings. The maximum Gasteiger partial charge on any atom is 0.251 e. The highest BCUT2D eigenvalue weighted by Crippen LogP contribution is 2.19. The third-order valence-electron chi connectivity index (χ3n) is 5.45. The molecule has 3 aromatic carbocycles. The van der Waals surface area contributed by atoms with E-state index in [-0.39, 0.29) is 11.8 Å². The largest absolute Gasteiger partial charge is 0.378 e. The Hall–Kier alpha value is -3.64. The van der Waals surface area contributed by atoms with Crippen molar-refractivity contribution < 1.29 is 14.3 Å². The Morgan fingerprint density at radius 3 is 2.12 bits per heavy atom. The first-order valence-electron chi connectivity index (χ1n) is 10.8. The van der Waals surface area contributed by atoms with Crippen LogP contribution in [-0.2, 0) is 16.0 Å². The van der Waals surface area contributed by atoms with Gasteiger partial charge in [0.25, 0.3) is 5.91 Å². The lowest BCUT2D eigenvalue weighted by atomic mass is 10.0. The summed E-state index contributed by atoms with van der Waals surface area (Å²) in [7, 11) is 0. The zero-order chi connectivity index (χ0) is 22.2. The number of hydrogen-bond donors (Lipinski definition) is 2. The van der Waals surface area contributed by atoms with Gasteiger partial charge in [0.15, 0.2) is 0 Å². The van der Waals surface area contributed by atoms with Crippen molar-refractivity contribution in [3.8, 4) is 0 Å². The number of benzene rings is 3. The highest BCUT2D eigenvalue weighted by atomic mass is 16.5. The fourth-order valence-electron chi connectivity index (χ4n) is 3.70. The lowest BCUT2D eigenvalue weighted by Crippen LogP contribution is -2.45. The van der Waals surface area contributed by atoms with Crippen molar-refractivity contribution in [2.45, 2.75) is 12.5 Å². The number of anilines is 2. The average Bonchev–Trinajstić information content (AvgIpc) is 2.86. The predicted octanol–water partition coefficient (Wildman–Crippen LogP) is 3.50. The van der Waals surface area contributed by atoms with E-state index in [0.717, 1.165) is 37.6 Å². The minimum atomic E-state index is -0.705. The molecule has 0 unspecified atom stereocenters. The van der Waals surface area contributed by atoms with Crippen molar-refractivity contribution in [2.24, 2.45) is 0 Å². The van der Waals surface area contributed by atoms with E-state index in [1.54, 1.807) is 24.3 Å². The number of nitrogens with zero attached hydrogens (tertiary/aromatic N) is 1. The van der Waals surface area contributed by atoms with Crippen LogP contribution in [0.1, 0.15) is 15.9 Å². The number of carbonyl (C=O) groups is 2. The summed E-state index contributed by atoms with van der Waals surface area (Å²) in [5.41, 5.74) is 3.29. The molecule has 0 aliphatic carbocycles. The number of hydrogen-bond acceptors (Lipinski definition) is 4. The minimum Gasteiger partial charge on any atom is -0.378 e. The molecule has 164 valence electrons. The lowest BCUT2D eigenvalue weighted by molar-refractivity contribution is -0.118. The number of nitrogens with one attached hydrogen (secondary N) is 2. The zero-order valence-corrected chi connectivity index (χ0v) is 17.9. The van der Waals surface area contributed by atoms with Gasteiger partial charge in [-0.3, -0.25) is 9.59 Å². The zero-order valence-electron chi connectivity index (χ0n) is 17.9. The molecule has 0 spiro atoms. The molecular weight excluding hydrogens is 402 g/mol. The summed E-state index contributed by atoms with van der Waals surface area (Å²) >= 11 is 0. The first kappa shape index (κ1) is 21.6. The molecule has 4 rings (SSSR count). The maximum absolute atomic E-state index is 13.1. The minimum absolute atomic E-state index is 0.253. The SMILES string of the molecule is O=C(N[C@H](Cc1ccccc1)C(=O)Nc1ccc(N2CCOCC2)cc1)c1ccccc1.